The Morgan fingerprint density at radius 2 is 2.00 bits per heavy atom. The van der Waals surface area contributed by atoms with E-state index in [0.717, 1.165) is 5.69 Å². The maximum absolute atomic E-state index is 9.69. The highest BCUT2D eigenvalue weighted by atomic mass is 16.5. The first kappa shape index (κ1) is 14.3. The summed E-state index contributed by atoms with van der Waals surface area (Å²) in [6.07, 6.45) is 1.10. The number of nitrogens with zero attached hydrogens (tertiary/aromatic N) is 3. The van der Waals surface area contributed by atoms with E-state index in [2.05, 4.69) is 10.1 Å². The van der Waals surface area contributed by atoms with Gasteiger partial charge >= 0.3 is 0 Å². The van der Waals surface area contributed by atoms with E-state index in [0.29, 0.717) is 30.6 Å². The molecule has 1 aromatic carbocycles. The Bertz CT molecular complexity index is 693. The number of rotatable bonds is 6. The van der Waals surface area contributed by atoms with Crippen molar-refractivity contribution >= 4 is 5.69 Å². The van der Waals surface area contributed by atoms with Gasteiger partial charge in [0.25, 0.3) is 0 Å². The molecule has 0 aliphatic rings. The SMILES string of the molecule is C[C@@H](O)CN(Cc1nc(-c2ccco2)no1)c1ccccc1. The minimum atomic E-state index is -0.465. The Morgan fingerprint density at radius 3 is 2.68 bits per heavy atom. The van der Waals surface area contributed by atoms with E-state index in [-0.39, 0.29) is 0 Å². The fourth-order valence-electron chi connectivity index (χ4n) is 2.21. The molecule has 0 saturated carbocycles. The molecular weight excluding hydrogens is 282 g/mol. The number of aliphatic hydroxyl groups is 1. The minimum Gasteiger partial charge on any atom is -0.461 e. The molecular formula is C16H17N3O3. The van der Waals surface area contributed by atoms with Crippen molar-refractivity contribution in [3.63, 3.8) is 0 Å². The van der Waals surface area contributed by atoms with E-state index < -0.39 is 6.10 Å². The van der Waals surface area contributed by atoms with E-state index in [4.69, 9.17) is 8.94 Å². The van der Waals surface area contributed by atoms with Crippen LogP contribution >= 0.6 is 0 Å². The number of hydrogen-bond donors (Lipinski definition) is 1. The molecule has 0 aliphatic heterocycles. The first-order valence-electron chi connectivity index (χ1n) is 7.07. The highest BCUT2D eigenvalue weighted by Crippen LogP contribution is 2.19. The quantitative estimate of drug-likeness (QED) is 0.754. The van der Waals surface area contributed by atoms with Crippen LogP contribution < -0.4 is 4.90 Å². The Balaban J connectivity index is 1.79. The van der Waals surface area contributed by atoms with E-state index >= 15 is 0 Å². The summed E-state index contributed by atoms with van der Waals surface area (Å²) in [5.74, 6) is 1.46. The molecule has 0 unspecified atom stereocenters. The zero-order valence-electron chi connectivity index (χ0n) is 12.2. The molecule has 0 bridgehead atoms. The molecule has 6 nitrogen and oxygen atoms in total. The molecule has 0 fully saturated rings. The zero-order chi connectivity index (χ0) is 15.4. The Hall–Kier alpha value is -2.60. The summed E-state index contributed by atoms with van der Waals surface area (Å²) >= 11 is 0. The molecule has 0 aliphatic carbocycles. The molecule has 0 amide bonds. The number of para-hydroxylation sites is 1. The number of furan rings is 1. The van der Waals surface area contributed by atoms with Crippen LogP contribution in [0, 0.1) is 0 Å². The van der Waals surface area contributed by atoms with E-state index in [1.54, 1.807) is 25.3 Å². The molecule has 114 valence electrons. The van der Waals surface area contributed by atoms with Gasteiger partial charge in [-0.05, 0) is 31.2 Å². The summed E-state index contributed by atoms with van der Waals surface area (Å²) in [5.41, 5.74) is 0.987. The molecule has 3 aromatic rings. The number of aliphatic hydroxyl groups excluding tert-OH is 1. The number of benzene rings is 1. The van der Waals surface area contributed by atoms with Crippen LogP contribution in [-0.4, -0.2) is 27.9 Å². The number of aromatic nitrogens is 2. The van der Waals surface area contributed by atoms with Gasteiger partial charge in [-0.1, -0.05) is 23.4 Å². The van der Waals surface area contributed by atoms with Crippen molar-refractivity contribution in [2.75, 3.05) is 11.4 Å². The van der Waals surface area contributed by atoms with Gasteiger partial charge in [-0.25, -0.2) is 0 Å². The second-order valence-electron chi connectivity index (χ2n) is 5.05. The third-order valence-electron chi connectivity index (χ3n) is 3.14. The average molecular weight is 299 g/mol. The van der Waals surface area contributed by atoms with Gasteiger partial charge in [0.1, 0.15) is 0 Å². The smallest absolute Gasteiger partial charge is 0.246 e. The second kappa shape index (κ2) is 6.44. The molecule has 2 aromatic heterocycles. The maximum Gasteiger partial charge on any atom is 0.246 e. The van der Waals surface area contributed by atoms with Gasteiger partial charge in [-0.2, -0.15) is 4.98 Å². The third-order valence-corrected chi connectivity index (χ3v) is 3.14. The van der Waals surface area contributed by atoms with Crippen LogP contribution in [0.15, 0.2) is 57.7 Å². The van der Waals surface area contributed by atoms with Gasteiger partial charge in [-0.3, -0.25) is 0 Å². The van der Waals surface area contributed by atoms with E-state index in [9.17, 15) is 5.11 Å². The lowest BCUT2D eigenvalue weighted by molar-refractivity contribution is 0.198. The normalized spacial score (nSPS) is 12.3. The van der Waals surface area contributed by atoms with Crippen LogP contribution in [0.3, 0.4) is 0 Å². The van der Waals surface area contributed by atoms with E-state index in [1.165, 1.54) is 0 Å². The average Bonchev–Trinajstić information content (AvgIpc) is 3.18. The highest BCUT2D eigenvalue weighted by Gasteiger charge is 2.16. The minimum absolute atomic E-state index is 0.419. The standard InChI is InChI=1S/C16H17N3O3/c1-12(20)10-19(13-6-3-2-4-7-13)11-15-17-16(18-22-15)14-8-5-9-21-14/h2-9,12,20H,10-11H2,1H3/t12-/m1/s1. The molecule has 6 heteroatoms. The molecule has 1 atom stereocenters. The van der Waals surface area contributed by atoms with Crippen LogP contribution in [0.25, 0.3) is 11.6 Å². The number of anilines is 1. The van der Waals surface area contributed by atoms with Crippen LogP contribution in [0.5, 0.6) is 0 Å². The topological polar surface area (TPSA) is 75.5 Å². The van der Waals surface area contributed by atoms with Crippen molar-refractivity contribution in [2.24, 2.45) is 0 Å². The van der Waals surface area contributed by atoms with Gasteiger partial charge in [0.05, 0.1) is 18.9 Å². The lowest BCUT2D eigenvalue weighted by atomic mass is 10.2. The lowest BCUT2D eigenvalue weighted by Crippen LogP contribution is -2.30. The largest absolute Gasteiger partial charge is 0.461 e. The van der Waals surface area contributed by atoms with Gasteiger partial charge in [-0.15, -0.1) is 0 Å². The van der Waals surface area contributed by atoms with Crippen molar-refractivity contribution in [1.29, 1.82) is 0 Å². The third kappa shape index (κ3) is 3.35. The number of hydrogen-bond acceptors (Lipinski definition) is 6. The Kier molecular flexibility index (Phi) is 4.20. The van der Waals surface area contributed by atoms with Crippen LogP contribution in [-0.2, 0) is 6.54 Å². The summed E-state index contributed by atoms with van der Waals surface area (Å²) < 4.78 is 10.5. The first-order chi connectivity index (χ1) is 10.7. The predicted molar refractivity (Wildman–Crippen MR) is 81.2 cm³/mol. The van der Waals surface area contributed by atoms with E-state index in [1.807, 2.05) is 35.2 Å². The van der Waals surface area contributed by atoms with Crippen LogP contribution in [0.4, 0.5) is 5.69 Å². The fourth-order valence-corrected chi connectivity index (χ4v) is 2.21. The predicted octanol–water partition coefficient (Wildman–Crippen LogP) is 2.72. The van der Waals surface area contributed by atoms with Crippen molar-refractivity contribution in [3.8, 4) is 11.6 Å². The van der Waals surface area contributed by atoms with Crippen molar-refractivity contribution in [3.05, 3.63) is 54.6 Å². The zero-order valence-corrected chi connectivity index (χ0v) is 12.2. The molecule has 1 N–H and O–H groups in total. The van der Waals surface area contributed by atoms with Crippen molar-refractivity contribution < 1.29 is 14.0 Å². The summed E-state index contributed by atoms with van der Waals surface area (Å²) in [5, 5.41) is 13.6. The van der Waals surface area contributed by atoms with Crippen LogP contribution in [0.1, 0.15) is 12.8 Å². The van der Waals surface area contributed by atoms with Crippen molar-refractivity contribution in [1.82, 2.24) is 10.1 Å². The summed E-state index contributed by atoms with van der Waals surface area (Å²) in [6, 6.07) is 13.4. The summed E-state index contributed by atoms with van der Waals surface area (Å²) in [6.45, 7) is 2.64. The van der Waals surface area contributed by atoms with Crippen LogP contribution in [0.2, 0.25) is 0 Å². The maximum atomic E-state index is 9.69. The molecule has 0 spiro atoms. The summed E-state index contributed by atoms with van der Waals surface area (Å²) in [4.78, 5) is 6.32. The molecule has 2 heterocycles. The Morgan fingerprint density at radius 1 is 1.18 bits per heavy atom. The molecule has 3 rings (SSSR count). The van der Waals surface area contributed by atoms with Gasteiger partial charge in [0, 0.05) is 12.2 Å². The van der Waals surface area contributed by atoms with Gasteiger partial charge < -0.3 is 18.9 Å². The van der Waals surface area contributed by atoms with Gasteiger partial charge in [0.15, 0.2) is 5.76 Å². The second-order valence-corrected chi connectivity index (χ2v) is 5.05. The monoisotopic (exact) mass is 299 g/mol. The molecule has 0 saturated heterocycles. The fraction of sp³-hybridized carbons (Fsp3) is 0.250. The van der Waals surface area contributed by atoms with Crippen molar-refractivity contribution in [2.45, 2.75) is 19.6 Å². The molecule has 22 heavy (non-hydrogen) atoms. The first-order valence-corrected chi connectivity index (χ1v) is 7.07. The lowest BCUT2D eigenvalue weighted by Gasteiger charge is -2.24. The molecule has 0 radical (unpaired) electrons. The highest BCUT2D eigenvalue weighted by molar-refractivity contribution is 5.47. The van der Waals surface area contributed by atoms with Gasteiger partial charge in [0.2, 0.25) is 11.7 Å². The Labute approximate surface area is 128 Å². The summed E-state index contributed by atoms with van der Waals surface area (Å²) in [7, 11) is 0.